The summed E-state index contributed by atoms with van der Waals surface area (Å²) >= 11 is 0. The average Bonchev–Trinajstić information content (AvgIpc) is 1.99. The second kappa shape index (κ2) is 4.92. The predicted molar refractivity (Wildman–Crippen MR) is 65.3 cm³/mol. The summed E-state index contributed by atoms with van der Waals surface area (Å²) in [5.41, 5.74) is 0. The zero-order valence-corrected chi connectivity index (χ0v) is 12.1. The highest BCUT2D eigenvalue weighted by atomic mass is 28.4. The van der Waals surface area contributed by atoms with Crippen molar-refractivity contribution >= 4 is 16.9 Å². The Bertz CT molecular complexity index is 163. The van der Waals surface area contributed by atoms with Crippen LogP contribution >= 0.6 is 0 Å². The fraction of sp³-hybridized carbons (Fsp3) is 1.00. The van der Waals surface area contributed by atoms with Crippen LogP contribution in [0.4, 0.5) is 0 Å². The summed E-state index contributed by atoms with van der Waals surface area (Å²) in [6.45, 7) is 9.93. The monoisotopic (exact) mass is 232 g/mol. The molecule has 2 nitrogen and oxygen atoms in total. The summed E-state index contributed by atoms with van der Waals surface area (Å²) in [4.78, 5) is 0. The number of hydrogen-bond donors (Lipinski definition) is 0. The molecule has 0 aromatic carbocycles. The lowest BCUT2D eigenvalue weighted by Crippen LogP contribution is -2.46. The predicted octanol–water partition coefficient (Wildman–Crippen LogP) is 3.50. The van der Waals surface area contributed by atoms with Crippen molar-refractivity contribution in [1.82, 2.24) is 0 Å². The van der Waals surface area contributed by atoms with E-state index in [1.54, 1.807) is 0 Å². The summed E-state index contributed by atoms with van der Waals surface area (Å²) in [7, 11) is -3.23. The third-order valence-electron chi connectivity index (χ3n) is 2.64. The van der Waals surface area contributed by atoms with Crippen LogP contribution in [0.15, 0.2) is 0 Å². The fourth-order valence-corrected chi connectivity index (χ4v) is 9.77. The van der Waals surface area contributed by atoms with Crippen LogP contribution in [0, 0.1) is 0 Å². The molecule has 1 rings (SSSR count). The van der Waals surface area contributed by atoms with Crippen molar-refractivity contribution in [1.29, 1.82) is 0 Å². The first kappa shape index (κ1) is 12.4. The smallest absolute Gasteiger partial charge is 0.321 e. The lowest BCUT2D eigenvalue weighted by atomic mass is 10.2. The van der Waals surface area contributed by atoms with Crippen LogP contribution in [0.3, 0.4) is 0 Å². The van der Waals surface area contributed by atoms with Gasteiger partial charge in [-0.25, -0.2) is 0 Å². The summed E-state index contributed by atoms with van der Waals surface area (Å²) in [5, 5.41) is 0. The molecule has 0 spiro atoms. The van der Waals surface area contributed by atoms with Gasteiger partial charge < -0.3 is 8.54 Å². The maximum atomic E-state index is 6.26. The van der Waals surface area contributed by atoms with Crippen molar-refractivity contribution in [2.24, 2.45) is 0 Å². The van der Waals surface area contributed by atoms with Crippen LogP contribution < -0.4 is 0 Å². The van der Waals surface area contributed by atoms with E-state index in [1.165, 1.54) is 31.7 Å². The molecule has 1 aliphatic rings. The first-order valence-corrected chi connectivity index (χ1v) is 11.7. The largest absolute Gasteiger partial charge is 0.436 e. The first-order chi connectivity index (χ1) is 6.41. The van der Waals surface area contributed by atoms with Crippen LogP contribution in [0.25, 0.3) is 0 Å². The van der Waals surface area contributed by atoms with Crippen molar-refractivity contribution in [2.45, 2.75) is 57.9 Å². The van der Waals surface area contributed by atoms with Gasteiger partial charge in [-0.05, 0) is 38.7 Å². The Balaban J connectivity index is 2.55. The first-order valence-electron chi connectivity index (χ1n) is 5.75. The Morgan fingerprint density at radius 1 is 0.857 bits per heavy atom. The zero-order valence-electron chi connectivity index (χ0n) is 10.1. The summed E-state index contributed by atoms with van der Waals surface area (Å²) in [6, 6.07) is 1.30. The van der Waals surface area contributed by atoms with E-state index in [4.69, 9.17) is 8.54 Å². The van der Waals surface area contributed by atoms with Crippen molar-refractivity contribution in [2.75, 3.05) is 6.61 Å². The third-order valence-corrected chi connectivity index (χ3v) is 9.28. The third kappa shape index (κ3) is 4.73. The van der Waals surface area contributed by atoms with E-state index < -0.39 is 16.9 Å². The molecule has 0 atom stereocenters. The van der Waals surface area contributed by atoms with Gasteiger partial charge in [-0.3, -0.25) is 0 Å². The van der Waals surface area contributed by atoms with Gasteiger partial charge in [0.1, 0.15) is 0 Å². The molecule has 84 valence electrons. The maximum absolute atomic E-state index is 6.26. The van der Waals surface area contributed by atoms with E-state index in [1.807, 2.05) is 0 Å². The lowest BCUT2D eigenvalue weighted by molar-refractivity contribution is 0.235. The average molecular weight is 232 g/mol. The Morgan fingerprint density at radius 2 is 1.50 bits per heavy atom. The summed E-state index contributed by atoms with van der Waals surface area (Å²) in [6.07, 6.45) is 5.24. The zero-order chi connectivity index (χ0) is 10.7. The molecule has 14 heavy (non-hydrogen) atoms. The van der Waals surface area contributed by atoms with Crippen LogP contribution in [-0.4, -0.2) is 23.5 Å². The van der Waals surface area contributed by atoms with Crippen LogP contribution in [0.2, 0.25) is 32.2 Å². The second-order valence-corrected chi connectivity index (χ2v) is 13.2. The molecule has 0 amide bonds. The van der Waals surface area contributed by atoms with Crippen LogP contribution in [-0.2, 0) is 8.54 Å². The van der Waals surface area contributed by atoms with E-state index in [0.717, 1.165) is 6.61 Å². The van der Waals surface area contributed by atoms with E-state index in [0.29, 0.717) is 0 Å². The molecular formula is C10H24O2Si2. The van der Waals surface area contributed by atoms with E-state index in [-0.39, 0.29) is 0 Å². The molecule has 1 aliphatic heterocycles. The second-order valence-electron chi connectivity index (χ2n) is 5.27. The molecule has 1 fully saturated rings. The number of hydrogen-bond acceptors (Lipinski definition) is 2. The van der Waals surface area contributed by atoms with Gasteiger partial charge in [-0.15, -0.1) is 0 Å². The molecule has 1 saturated heterocycles. The molecular weight excluding hydrogens is 208 g/mol. The van der Waals surface area contributed by atoms with Gasteiger partial charge in [0.2, 0.25) is 0 Å². The normalized spacial score (nSPS) is 28.3. The lowest BCUT2D eigenvalue weighted by Gasteiger charge is -2.34. The topological polar surface area (TPSA) is 18.5 Å². The quantitative estimate of drug-likeness (QED) is 0.595. The van der Waals surface area contributed by atoms with Gasteiger partial charge in [0.15, 0.2) is 8.32 Å². The van der Waals surface area contributed by atoms with Crippen molar-refractivity contribution in [3.05, 3.63) is 0 Å². The minimum absolute atomic E-state index is 0.906. The van der Waals surface area contributed by atoms with Crippen molar-refractivity contribution < 1.29 is 8.54 Å². The summed E-state index contributed by atoms with van der Waals surface area (Å²) in [5.74, 6) is 0. The SMILES string of the molecule is C[Si]1(C)CCCCCCO[Si](C)(C)O1. The highest BCUT2D eigenvalue weighted by molar-refractivity contribution is 6.82. The molecule has 0 bridgehead atoms. The Hall–Kier alpha value is 0.354. The minimum atomic E-state index is -1.80. The molecule has 1 heterocycles. The molecule has 0 radical (unpaired) electrons. The summed E-state index contributed by atoms with van der Waals surface area (Å²) < 4.78 is 12.2. The Kier molecular flexibility index (Phi) is 4.37. The van der Waals surface area contributed by atoms with E-state index >= 15 is 0 Å². The van der Waals surface area contributed by atoms with Crippen molar-refractivity contribution in [3.63, 3.8) is 0 Å². The minimum Gasteiger partial charge on any atom is -0.436 e. The van der Waals surface area contributed by atoms with Crippen molar-refractivity contribution in [3.8, 4) is 0 Å². The molecule has 0 aromatic heterocycles. The number of rotatable bonds is 0. The van der Waals surface area contributed by atoms with Gasteiger partial charge >= 0.3 is 8.56 Å². The van der Waals surface area contributed by atoms with Gasteiger partial charge in [0, 0.05) is 6.61 Å². The van der Waals surface area contributed by atoms with Crippen LogP contribution in [0.1, 0.15) is 25.7 Å². The highest BCUT2D eigenvalue weighted by Gasteiger charge is 2.34. The fourth-order valence-electron chi connectivity index (χ4n) is 2.07. The van der Waals surface area contributed by atoms with Gasteiger partial charge in [0.05, 0.1) is 0 Å². The van der Waals surface area contributed by atoms with Gasteiger partial charge in [-0.1, -0.05) is 19.3 Å². The highest BCUT2D eigenvalue weighted by Crippen LogP contribution is 2.23. The Labute approximate surface area is 90.4 Å². The maximum Gasteiger partial charge on any atom is 0.321 e. The van der Waals surface area contributed by atoms with Crippen LogP contribution in [0.5, 0.6) is 0 Å². The molecule has 0 unspecified atom stereocenters. The van der Waals surface area contributed by atoms with E-state index in [2.05, 4.69) is 26.2 Å². The molecule has 0 saturated carbocycles. The molecule has 0 aromatic rings. The Morgan fingerprint density at radius 3 is 2.21 bits per heavy atom. The molecule has 4 heteroatoms. The molecule has 0 N–H and O–H groups in total. The van der Waals surface area contributed by atoms with E-state index in [9.17, 15) is 0 Å². The van der Waals surface area contributed by atoms with Gasteiger partial charge in [-0.2, -0.15) is 0 Å². The standard InChI is InChI=1S/C10H24O2Si2/c1-13(2)10-8-6-5-7-9-11-14(3,4)12-13/h5-10H2,1-4H3. The molecule has 0 aliphatic carbocycles. The van der Waals surface area contributed by atoms with Gasteiger partial charge in [0.25, 0.3) is 0 Å².